The van der Waals surface area contributed by atoms with E-state index >= 15 is 4.39 Å². The van der Waals surface area contributed by atoms with Crippen LogP contribution in [0.2, 0.25) is 25.7 Å². The second-order valence-electron chi connectivity index (χ2n) is 24.9. The first kappa shape index (κ1) is 75.4. The molecule has 2 heterocycles. The van der Waals surface area contributed by atoms with E-state index in [2.05, 4.69) is 19.6 Å². The van der Waals surface area contributed by atoms with Crippen molar-refractivity contribution in [1.29, 1.82) is 0 Å². The zero-order valence-corrected chi connectivity index (χ0v) is 56.7. The molecule has 22 heteroatoms. The summed E-state index contributed by atoms with van der Waals surface area (Å²) in [7, 11) is 4.43. The number of aliphatic hydroxyl groups excluding tert-OH is 1. The molecule has 92 heavy (non-hydrogen) atoms. The van der Waals surface area contributed by atoms with E-state index in [4.69, 9.17) is 61.6 Å². The summed E-state index contributed by atoms with van der Waals surface area (Å²) in [6.07, 6.45) is 6.51. The molecule has 6 rings (SSSR count). The Bertz CT molecular complexity index is 3170. The molecule has 4 aromatic carbocycles. The number of rotatable bonds is 31. The van der Waals surface area contributed by atoms with Gasteiger partial charge in [-0.2, -0.15) is 0 Å². The van der Waals surface area contributed by atoms with E-state index in [1.54, 1.807) is 145 Å². The lowest BCUT2D eigenvalue weighted by Crippen LogP contribution is -2.38. The number of carboxylic acids is 1. The quantitative estimate of drug-likeness (QED) is 0.0157. The molecule has 0 bridgehead atoms. The number of allylic oxidation sites excluding steroid dienone is 1. The van der Waals surface area contributed by atoms with Crippen molar-refractivity contribution < 1.29 is 99.8 Å². The van der Waals surface area contributed by atoms with Gasteiger partial charge in [0.15, 0.2) is 30.8 Å². The fraction of sp³-hybridized carbons (Fsp3) is 0.486. The van der Waals surface area contributed by atoms with Gasteiger partial charge in [-0.15, -0.1) is 0 Å². The van der Waals surface area contributed by atoms with Gasteiger partial charge in [-0.25, -0.2) is 28.0 Å². The lowest BCUT2D eigenvalue weighted by atomic mass is 9.92. The second kappa shape index (κ2) is 34.0. The summed E-state index contributed by atoms with van der Waals surface area (Å²) in [6, 6.07) is 24.1. The smallest absolute Gasteiger partial charge is 0.342 e. The Morgan fingerprint density at radius 1 is 0.620 bits per heavy atom. The number of methoxy groups -OCH3 is 4. The Labute approximate surface area is 540 Å². The molecule has 0 amide bonds. The summed E-state index contributed by atoms with van der Waals surface area (Å²) in [4.78, 5) is 51.8. The normalized spacial score (nSPS) is 20.2. The average molecular weight is 1300 g/mol. The van der Waals surface area contributed by atoms with Crippen molar-refractivity contribution >= 4 is 44.1 Å². The Balaban J connectivity index is 0.000000337. The minimum atomic E-state index is -2.11. The van der Waals surface area contributed by atoms with Crippen LogP contribution in [0.15, 0.2) is 121 Å². The third-order valence-corrected chi connectivity index (χ3v) is 16.7. The monoisotopic (exact) mass is 1300 g/mol. The molecule has 2 saturated heterocycles. The van der Waals surface area contributed by atoms with Crippen molar-refractivity contribution in [3.8, 4) is 23.0 Å². The number of ether oxygens (including phenoxy) is 13. The predicted molar refractivity (Wildman–Crippen MR) is 346 cm³/mol. The number of hydrogen-bond acceptors (Lipinski definition) is 18. The standard InChI is InChI=1S/C38H53FO9Si.C32H39FO10/c1-26(2)38(5,39)20-19-30(46-35(40)27-15-12-11-13-16-27)34-31(47-37(3,4)48-34)18-14-17-28-23-29(43-7)24-32(45-25-42-6)33(28)36(41)44-21-22-49(8,9)10;1-20(34)32(4,33)16-15-24(41-30(37)21-11-8-7-9-12-21)28-25(42-31(2,3)43-28)14-10-13-22-17-23(39-6)18-26(40-19-38-5)27(22)29(35)36/h11-17,19-20,23-24,26,30-31,34H,18,21-22,25H2,1-10H3;7-13,15-18,20,24-25,28,34H,14,19H2,1-6H3,(H,35,36)/b17-14+,20-19-;13-10+,16-15-/t30?,31-,34?,38?;20?,24?,25-,28?,32?/m00/s1. The fourth-order valence-electron chi connectivity index (χ4n) is 9.33. The van der Waals surface area contributed by atoms with Crippen LogP contribution < -0.4 is 18.9 Å². The van der Waals surface area contributed by atoms with E-state index < -0.39 is 97.6 Å². The summed E-state index contributed by atoms with van der Waals surface area (Å²) < 4.78 is 105. The molecule has 0 aliphatic carbocycles. The van der Waals surface area contributed by atoms with Crippen molar-refractivity contribution in [2.75, 3.05) is 48.6 Å². The molecule has 504 valence electrons. The van der Waals surface area contributed by atoms with E-state index in [0.717, 1.165) is 12.1 Å². The summed E-state index contributed by atoms with van der Waals surface area (Å²) >= 11 is 0. The molecule has 4 aromatic rings. The number of aliphatic hydroxyl groups is 1. The molecule has 7 unspecified atom stereocenters. The first-order valence-electron chi connectivity index (χ1n) is 30.3. The van der Waals surface area contributed by atoms with E-state index in [-0.39, 0.29) is 48.6 Å². The van der Waals surface area contributed by atoms with Crippen molar-refractivity contribution in [2.24, 2.45) is 5.92 Å². The van der Waals surface area contributed by atoms with Gasteiger partial charge in [-0.05, 0) is 145 Å². The topological polar surface area (TPSA) is 229 Å². The van der Waals surface area contributed by atoms with Crippen LogP contribution in [0.5, 0.6) is 23.0 Å². The number of hydrogen-bond donors (Lipinski definition) is 2. The highest BCUT2D eigenvalue weighted by Crippen LogP contribution is 2.38. The van der Waals surface area contributed by atoms with E-state index in [1.807, 2.05) is 6.08 Å². The molecular weight excluding hydrogens is 1210 g/mol. The number of aromatic carboxylic acids is 1. The highest BCUT2D eigenvalue weighted by Gasteiger charge is 2.47. The molecule has 19 nitrogen and oxygen atoms in total. The maximum Gasteiger partial charge on any atom is 0.342 e. The van der Waals surface area contributed by atoms with Crippen LogP contribution in [0.25, 0.3) is 12.2 Å². The minimum Gasteiger partial charge on any atom is -0.497 e. The number of alkyl halides is 2. The van der Waals surface area contributed by atoms with Gasteiger partial charge in [0.2, 0.25) is 0 Å². The van der Waals surface area contributed by atoms with Crippen LogP contribution in [0.1, 0.15) is 128 Å². The Morgan fingerprint density at radius 3 is 1.41 bits per heavy atom. The molecule has 2 N–H and O–H groups in total. The van der Waals surface area contributed by atoms with Crippen LogP contribution >= 0.6 is 0 Å². The van der Waals surface area contributed by atoms with Gasteiger partial charge in [0.25, 0.3) is 0 Å². The molecule has 9 atom stereocenters. The average Bonchev–Trinajstić information content (AvgIpc) is 1.60. The zero-order valence-electron chi connectivity index (χ0n) is 55.7. The van der Waals surface area contributed by atoms with Gasteiger partial charge >= 0.3 is 23.9 Å². The maximum absolute atomic E-state index is 15.4. The highest BCUT2D eigenvalue weighted by atomic mass is 28.3. The van der Waals surface area contributed by atoms with E-state index in [9.17, 15) is 33.8 Å². The van der Waals surface area contributed by atoms with Crippen molar-refractivity contribution in [1.82, 2.24) is 0 Å². The first-order valence-corrected chi connectivity index (χ1v) is 34.0. The zero-order chi connectivity index (χ0) is 68.2. The molecule has 0 radical (unpaired) electrons. The number of benzene rings is 4. The maximum atomic E-state index is 15.4. The summed E-state index contributed by atoms with van der Waals surface area (Å²) in [6.45, 7) is 21.2. The minimum absolute atomic E-state index is 0.0678. The van der Waals surface area contributed by atoms with Gasteiger partial charge in [0, 0.05) is 34.4 Å². The van der Waals surface area contributed by atoms with Gasteiger partial charge in [0.05, 0.1) is 50.3 Å². The molecule has 2 aliphatic rings. The molecule has 2 fully saturated rings. The molecule has 0 aromatic heterocycles. The van der Waals surface area contributed by atoms with Crippen LogP contribution in [-0.2, 0) is 42.6 Å². The third kappa shape index (κ3) is 22.8. The highest BCUT2D eigenvalue weighted by molar-refractivity contribution is 6.76. The van der Waals surface area contributed by atoms with Crippen LogP contribution in [0.3, 0.4) is 0 Å². The summed E-state index contributed by atoms with van der Waals surface area (Å²) in [5, 5.41) is 19.8. The van der Waals surface area contributed by atoms with E-state index in [0.29, 0.717) is 46.8 Å². The summed E-state index contributed by atoms with van der Waals surface area (Å²) in [5.74, 6) is -4.20. The first-order chi connectivity index (χ1) is 43.2. The fourth-order valence-corrected chi connectivity index (χ4v) is 10.0. The number of carbonyl (C=O) groups is 4. The van der Waals surface area contributed by atoms with Gasteiger partial charge in [0.1, 0.15) is 64.2 Å². The van der Waals surface area contributed by atoms with E-state index in [1.165, 1.54) is 67.4 Å². The number of halogens is 2. The van der Waals surface area contributed by atoms with Crippen LogP contribution in [0, 0.1) is 5.92 Å². The number of esters is 3. The molecule has 2 aliphatic heterocycles. The van der Waals surface area contributed by atoms with Gasteiger partial charge in [-0.1, -0.05) is 94.2 Å². The Hall–Kier alpha value is -7.28. The van der Waals surface area contributed by atoms with Gasteiger partial charge in [-0.3, -0.25) is 0 Å². The molecule has 0 saturated carbocycles. The van der Waals surface area contributed by atoms with Crippen molar-refractivity contribution in [3.05, 3.63) is 155 Å². The Kier molecular flexibility index (Phi) is 27.9. The molecular formula is C70H92F2O19Si. The Morgan fingerprint density at radius 2 is 1.03 bits per heavy atom. The number of carboxylic acid groups (broad SMARTS) is 1. The van der Waals surface area contributed by atoms with Gasteiger partial charge < -0.3 is 71.8 Å². The lowest BCUT2D eigenvalue weighted by Gasteiger charge is -2.26. The van der Waals surface area contributed by atoms with Crippen molar-refractivity contribution in [3.63, 3.8) is 0 Å². The molecule has 0 spiro atoms. The lowest BCUT2D eigenvalue weighted by molar-refractivity contribution is -0.153. The summed E-state index contributed by atoms with van der Waals surface area (Å²) in [5.41, 5.74) is -2.15. The predicted octanol–water partition coefficient (Wildman–Crippen LogP) is 13.5. The second-order valence-corrected chi connectivity index (χ2v) is 30.5. The largest absolute Gasteiger partial charge is 0.497 e. The van der Waals surface area contributed by atoms with Crippen LogP contribution in [0.4, 0.5) is 8.78 Å². The number of carbonyl (C=O) groups excluding carboxylic acids is 3. The van der Waals surface area contributed by atoms with Crippen molar-refractivity contribution in [2.45, 2.75) is 166 Å². The third-order valence-electron chi connectivity index (χ3n) is 14.9. The SMILES string of the molecule is COCOc1cc(OC)cc(/C=C/C[C@@H]2OC(C)(C)OC2C(/C=C\C(C)(F)C(C)C)OC(=O)c2ccccc2)c1C(=O)OCC[Si](C)(C)C.COCOc1cc(OC)cc(/C=C/C[C@@H]2OC(C)(C)OC2C(/C=C\C(C)(F)C(C)O)OC(=O)c2ccccc2)c1C(=O)O. The van der Waals surface area contributed by atoms with Crippen LogP contribution in [-0.4, -0.2) is 156 Å².